The maximum absolute atomic E-state index is 11.6. The molecule has 5 nitrogen and oxygen atoms in total. The summed E-state index contributed by atoms with van der Waals surface area (Å²) in [6.07, 6.45) is 3.41. The molecule has 6 heteroatoms. The summed E-state index contributed by atoms with van der Waals surface area (Å²) >= 11 is 0. The Labute approximate surface area is 150 Å². The van der Waals surface area contributed by atoms with E-state index in [1.54, 1.807) is 0 Å². The second-order valence-corrected chi connectivity index (χ2v) is 9.53. The smallest absolute Gasteiger partial charge is 0.147 e. The minimum atomic E-state index is -2.90. The molecule has 1 fully saturated rings. The van der Waals surface area contributed by atoms with Crippen molar-refractivity contribution in [1.29, 1.82) is 0 Å². The minimum absolute atomic E-state index is 0.253. The fraction of sp³-hybridized carbons (Fsp3) is 0.526. The minimum Gasteiger partial charge on any atom is -0.299 e. The van der Waals surface area contributed by atoms with Gasteiger partial charge in [-0.1, -0.05) is 12.1 Å². The number of likely N-dealkylation sites (tertiary alicyclic amines) is 1. The number of hydrogen-bond donors (Lipinski definition) is 0. The zero-order valence-electron chi connectivity index (χ0n) is 15.3. The fourth-order valence-corrected chi connectivity index (χ4v) is 4.92. The zero-order chi connectivity index (χ0) is 18.0. The molecule has 0 aliphatic carbocycles. The lowest BCUT2D eigenvalue weighted by molar-refractivity contribution is 0.178. The average Bonchev–Trinajstić information content (AvgIpc) is 2.85. The van der Waals surface area contributed by atoms with Gasteiger partial charge in [0, 0.05) is 25.0 Å². The predicted molar refractivity (Wildman–Crippen MR) is 101 cm³/mol. The van der Waals surface area contributed by atoms with E-state index < -0.39 is 9.84 Å². The standard InChI is InChI=1S/C19H27N3O2S/c1-15-10-16(2)22(20-15)19-8-4-6-17(11-19)12-21-9-5-7-18(13-21)14-25(3,23)24/h4,6,8,10-11,18H,5,7,9,12-14H2,1-3H3/t18-/m1/s1. The molecule has 0 unspecified atom stereocenters. The molecule has 1 atom stereocenters. The Kier molecular flexibility index (Phi) is 5.29. The molecule has 3 rings (SSSR count). The Morgan fingerprint density at radius 1 is 1.24 bits per heavy atom. The van der Waals surface area contributed by atoms with Crippen LogP contribution in [0, 0.1) is 19.8 Å². The number of nitrogens with zero attached hydrogens (tertiary/aromatic N) is 3. The van der Waals surface area contributed by atoms with E-state index in [1.165, 1.54) is 11.8 Å². The number of aryl methyl sites for hydroxylation is 2. The quantitative estimate of drug-likeness (QED) is 0.822. The number of hydrogen-bond acceptors (Lipinski definition) is 4. The van der Waals surface area contributed by atoms with E-state index >= 15 is 0 Å². The normalized spacial score (nSPS) is 19.2. The summed E-state index contributed by atoms with van der Waals surface area (Å²) in [5.74, 6) is 0.554. The van der Waals surface area contributed by atoms with Crippen LogP contribution in [-0.2, 0) is 16.4 Å². The number of sulfone groups is 1. The molecule has 1 aromatic heterocycles. The molecule has 0 amide bonds. The Bertz CT molecular complexity index is 842. The number of piperidine rings is 1. The second-order valence-electron chi connectivity index (χ2n) is 7.34. The third-order valence-electron chi connectivity index (χ3n) is 4.71. The maximum atomic E-state index is 11.6. The van der Waals surface area contributed by atoms with Crippen molar-refractivity contribution in [3.8, 4) is 5.69 Å². The van der Waals surface area contributed by atoms with Crippen LogP contribution in [0.3, 0.4) is 0 Å². The van der Waals surface area contributed by atoms with Crippen LogP contribution >= 0.6 is 0 Å². The summed E-state index contributed by atoms with van der Waals surface area (Å²) in [5, 5.41) is 4.56. The van der Waals surface area contributed by atoms with Crippen molar-refractivity contribution < 1.29 is 8.42 Å². The van der Waals surface area contributed by atoms with E-state index in [-0.39, 0.29) is 5.92 Å². The first-order valence-corrected chi connectivity index (χ1v) is 10.9. The molecule has 1 aliphatic rings. The number of aromatic nitrogens is 2. The van der Waals surface area contributed by atoms with Gasteiger partial charge in [-0.25, -0.2) is 13.1 Å². The van der Waals surface area contributed by atoms with Crippen LogP contribution in [0.4, 0.5) is 0 Å². The van der Waals surface area contributed by atoms with Gasteiger partial charge in [0.25, 0.3) is 0 Å². The first-order chi connectivity index (χ1) is 11.8. The molecule has 0 spiro atoms. The van der Waals surface area contributed by atoms with Crippen molar-refractivity contribution in [3.05, 3.63) is 47.3 Å². The number of rotatable bonds is 5. The van der Waals surface area contributed by atoms with Crippen LogP contribution in [0.25, 0.3) is 5.69 Å². The molecule has 0 N–H and O–H groups in total. The van der Waals surface area contributed by atoms with E-state index in [4.69, 9.17) is 0 Å². The van der Waals surface area contributed by atoms with E-state index in [9.17, 15) is 8.42 Å². The highest BCUT2D eigenvalue weighted by molar-refractivity contribution is 7.90. The molecule has 136 valence electrons. The van der Waals surface area contributed by atoms with Crippen molar-refractivity contribution in [2.24, 2.45) is 5.92 Å². The maximum Gasteiger partial charge on any atom is 0.147 e. The van der Waals surface area contributed by atoms with Crippen molar-refractivity contribution in [2.45, 2.75) is 33.2 Å². The first-order valence-electron chi connectivity index (χ1n) is 8.83. The predicted octanol–water partition coefficient (Wildman–Crippen LogP) is 2.75. The summed E-state index contributed by atoms with van der Waals surface area (Å²) in [7, 11) is -2.90. The van der Waals surface area contributed by atoms with Gasteiger partial charge in [0.1, 0.15) is 9.84 Å². The van der Waals surface area contributed by atoms with Gasteiger partial charge in [-0.15, -0.1) is 0 Å². The van der Waals surface area contributed by atoms with Gasteiger partial charge < -0.3 is 0 Å². The highest BCUT2D eigenvalue weighted by Gasteiger charge is 2.23. The van der Waals surface area contributed by atoms with Crippen molar-refractivity contribution in [2.75, 3.05) is 25.1 Å². The molecule has 0 bridgehead atoms. The molecule has 2 aromatic rings. The van der Waals surface area contributed by atoms with E-state index in [2.05, 4.69) is 47.3 Å². The molecule has 25 heavy (non-hydrogen) atoms. The lowest BCUT2D eigenvalue weighted by Crippen LogP contribution is -2.37. The van der Waals surface area contributed by atoms with Gasteiger partial charge in [-0.2, -0.15) is 5.10 Å². The molecule has 2 heterocycles. The van der Waals surface area contributed by atoms with Gasteiger partial charge in [-0.05, 0) is 62.9 Å². The Morgan fingerprint density at radius 2 is 2.04 bits per heavy atom. The third-order valence-corrected chi connectivity index (χ3v) is 5.79. The van der Waals surface area contributed by atoms with Crippen molar-refractivity contribution in [3.63, 3.8) is 0 Å². The van der Waals surface area contributed by atoms with Crippen LogP contribution < -0.4 is 0 Å². The van der Waals surface area contributed by atoms with Crippen LogP contribution in [0.1, 0.15) is 29.8 Å². The molecule has 0 saturated carbocycles. The Hall–Kier alpha value is -1.66. The monoisotopic (exact) mass is 361 g/mol. The summed E-state index contributed by atoms with van der Waals surface area (Å²) in [6, 6.07) is 10.5. The highest BCUT2D eigenvalue weighted by Crippen LogP contribution is 2.21. The summed E-state index contributed by atoms with van der Waals surface area (Å²) in [5.41, 5.74) is 4.46. The van der Waals surface area contributed by atoms with Crippen LogP contribution in [-0.4, -0.2) is 48.2 Å². The second kappa shape index (κ2) is 7.30. The van der Waals surface area contributed by atoms with Crippen molar-refractivity contribution in [1.82, 2.24) is 14.7 Å². The molecule has 1 saturated heterocycles. The van der Waals surface area contributed by atoms with Gasteiger partial charge in [0.15, 0.2) is 0 Å². The zero-order valence-corrected chi connectivity index (χ0v) is 16.1. The lowest BCUT2D eigenvalue weighted by Gasteiger charge is -2.32. The van der Waals surface area contributed by atoms with E-state index in [0.29, 0.717) is 5.75 Å². The largest absolute Gasteiger partial charge is 0.299 e. The van der Waals surface area contributed by atoms with Crippen LogP contribution in [0.15, 0.2) is 30.3 Å². The molecule has 1 aromatic carbocycles. The van der Waals surface area contributed by atoms with E-state index in [1.807, 2.05) is 11.6 Å². The third kappa shape index (κ3) is 4.92. The summed E-state index contributed by atoms with van der Waals surface area (Å²) in [4.78, 5) is 2.37. The van der Waals surface area contributed by atoms with Crippen LogP contribution in [0.5, 0.6) is 0 Å². The fourth-order valence-electron chi connectivity index (χ4n) is 3.79. The summed E-state index contributed by atoms with van der Waals surface area (Å²) < 4.78 is 25.1. The molecule has 1 aliphatic heterocycles. The molecule has 0 radical (unpaired) electrons. The first kappa shape index (κ1) is 18.1. The highest BCUT2D eigenvalue weighted by atomic mass is 32.2. The van der Waals surface area contributed by atoms with Crippen LogP contribution in [0.2, 0.25) is 0 Å². The number of benzene rings is 1. The van der Waals surface area contributed by atoms with Gasteiger partial charge in [-0.3, -0.25) is 4.90 Å². The molecular formula is C19H27N3O2S. The SMILES string of the molecule is Cc1cc(C)n(-c2cccc(CN3CCC[C@@H](CS(C)(=O)=O)C3)c2)n1. The van der Waals surface area contributed by atoms with Gasteiger partial charge >= 0.3 is 0 Å². The molecular weight excluding hydrogens is 334 g/mol. The summed E-state index contributed by atoms with van der Waals surface area (Å²) in [6.45, 7) is 6.81. The topological polar surface area (TPSA) is 55.2 Å². The van der Waals surface area contributed by atoms with Crippen molar-refractivity contribution >= 4 is 9.84 Å². The van der Waals surface area contributed by atoms with E-state index in [0.717, 1.165) is 49.6 Å². The average molecular weight is 362 g/mol. The van der Waals surface area contributed by atoms with Gasteiger partial charge in [0.05, 0.1) is 17.1 Å². The Balaban J connectivity index is 1.71. The Morgan fingerprint density at radius 3 is 2.72 bits per heavy atom. The lowest BCUT2D eigenvalue weighted by atomic mass is 9.99. The van der Waals surface area contributed by atoms with Gasteiger partial charge in [0.2, 0.25) is 0 Å².